The molecule has 2 amide bonds. The van der Waals surface area contributed by atoms with Crippen molar-refractivity contribution in [1.82, 2.24) is 15.5 Å². The smallest absolute Gasteiger partial charge is 0.279 e. The van der Waals surface area contributed by atoms with Gasteiger partial charge >= 0.3 is 0 Å². The number of anilines is 1. The molecule has 2 heterocycles. The summed E-state index contributed by atoms with van der Waals surface area (Å²) in [4.78, 5) is 28.2. The number of benzene rings is 2. The fourth-order valence-electron chi connectivity index (χ4n) is 3.08. The van der Waals surface area contributed by atoms with Crippen molar-refractivity contribution >= 4 is 28.3 Å². The number of rotatable bonds is 6. The molecule has 1 atom stereocenters. The van der Waals surface area contributed by atoms with Crippen LogP contribution < -0.4 is 10.6 Å². The highest BCUT2D eigenvalue weighted by molar-refractivity contribution is 7.14. The van der Waals surface area contributed by atoms with E-state index in [1.807, 2.05) is 66.9 Å². The van der Waals surface area contributed by atoms with Crippen molar-refractivity contribution in [2.24, 2.45) is 0 Å². The molecular formula is C23H20N4O3S. The van der Waals surface area contributed by atoms with Crippen molar-refractivity contribution in [3.63, 3.8) is 0 Å². The molecule has 4 aromatic rings. The zero-order chi connectivity index (χ0) is 21.8. The lowest BCUT2D eigenvalue weighted by Crippen LogP contribution is -2.23. The van der Waals surface area contributed by atoms with Crippen LogP contribution in [-0.2, 0) is 4.79 Å². The van der Waals surface area contributed by atoms with Gasteiger partial charge in [0.1, 0.15) is 0 Å². The van der Waals surface area contributed by atoms with Gasteiger partial charge in [0.15, 0.2) is 16.6 Å². The van der Waals surface area contributed by atoms with Gasteiger partial charge in [-0.1, -0.05) is 59.8 Å². The molecule has 8 heteroatoms. The number of aromatic nitrogens is 2. The summed E-state index contributed by atoms with van der Waals surface area (Å²) in [5.74, 6) is 0.0740. The van der Waals surface area contributed by atoms with Crippen LogP contribution in [0.1, 0.15) is 35.9 Å². The zero-order valence-corrected chi connectivity index (χ0v) is 17.8. The third-order valence-electron chi connectivity index (χ3n) is 4.65. The molecule has 0 aliphatic carbocycles. The number of hydrogen-bond acceptors (Lipinski definition) is 6. The maximum absolute atomic E-state index is 12.5. The third-order valence-corrected chi connectivity index (χ3v) is 5.41. The van der Waals surface area contributed by atoms with Gasteiger partial charge < -0.3 is 9.84 Å². The van der Waals surface area contributed by atoms with E-state index in [9.17, 15) is 9.59 Å². The predicted molar refractivity (Wildman–Crippen MR) is 120 cm³/mol. The van der Waals surface area contributed by atoms with E-state index >= 15 is 0 Å². The van der Waals surface area contributed by atoms with Gasteiger partial charge in [0.05, 0.1) is 11.7 Å². The predicted octanol–water partition coefficient (Wildman–Crippen LogP) is 4.91. The summed E-state index contributed by atoms with van der Waals surface area (Å²) in [7, 11) is 0. The Hall–Kier alpha value is -3.78. The molecular weight excluding hydrogens is 412 g/mol. The zero-order valence-electron chi connectivity index (χ0n) is 17.0. The van der Waals surface area contributed by atoms with E-state index < -0.39 is 0 Å². The highest BCUT2D eigenvalue weighted by Crippen LogP contribution is 2.27. The molecule has 0 fully saturated rings. The van der Waals surface area contributed by atoms with E-state index in [1.54, 1.807) is 6.07 Å². The van der Waals surface area contributed by atoms with Gasteiger partial charge in [-0.25, -0.2) is 4.98 Å². The molecule has 0 aliphatic rings. The van der Waals surface area contributed by atoms with Gasteiger partial charge in [-0.3, -0.25) is 14.9 Å². The molecule has 156 valence electrons. The second-order valence-corrected chi connectivity index (χ2v) is 7.84. The number of hydrogen-bond donors (Lipinski definition) is 2. The van der Waals surface area contributed by atoms with Crippen molar-refractivity contribution in [2.75, 3.05) is 5.32 Å². The SMILES string of the molecule is CC(=O)NC(C)c1ccc(-c2csc(NC(=O)c3cc(-c4ccccc4)on3)n2)cc1. The number of thiazole rings is 1. The lowest BCUT2D eigenvalue weighted by Gasteiger charge is -2.12. The largest absolute Gasteiger partial charge is 0.355 e. The first-order valence-electron chi connectivity index (χ1n) is 9.66. The topological polar surface area (TPSA) is 97.1 Å². The van der Waals surface area contributed by atoms with Crippen molar-refractivity contribution in [2.45, 2.75) is 19.9 Å². The van der Waals surface area contributed by atoms with Crippen LogP contribution in [0.5, 0.6) is 0 Å². The van der Waals surface area contributed by atoms with Gasteiger partial charge in [0.25, 0.3) is 5.91 Å². The number of carbonyl (C=O) groups is 2. The number of amides is 2. The van der Waals surface area contributed by atoms with Crippen LogP contribution in [0.25, 0.3) is 22.6 Å². The Morgan fingerprint density at radius 2 is 1.77 bits per heavy atom. The molecule has 0 bridgehead atoms. The first kappa shape index (κ1) is 20.5. The van der Waals surface area contributed by atoms with Crippen molar-refractivity contribution < 1.29 is 14.1 Å². The molecule has 4 rings (SSSR count). The summed E-state index contributed by atoms with van der Waals surface area (Å²) in [5, 5.41) is 11.8. The minimum Gasteiger partial charge on any atom is -0.355 e. The van der Waals surface area contributed by atoms with Gasteiger partial charge in [0, 0.05) is 29.5 Å². The van der Waals surface area contributed by atoms with Crippen LogP contribution in [0.2, 0.25) is 0 Å². The van der Waals surface area contributed by atoms with E-state index in [4.69, 9.17) is 4.52 Å². The minimum atomic E-state index is -0.383. The standard InChI is InChI=1S/C23H20N4O3S/c1-14(24-15(2)28)16-8-10-17(11-9-16)20-13-31-23(25-20)26-22(29)19-12-21(30-27-19)18-6-4-3-5-7-18/h3-14H,1-2H3,(H,24,28)(H,25,26,29). The number of carbonyl (C=O) groups excluding carboxylic acids is 2. The monoisotopic (exact) mass is 432 g/mol. The van der Waals surface area contributed by atoms with E-state index in [0.29, 0.717) is 10.9 Å². The average molecular weight is 433 g/mol. The van der Waals surface area contributed by atoms with Gasteiger partial charge in [0.2, 0.25) is 5.91 Å². The maximum atomic E-state index is 12.5. The van der Waals surface area contributed by atoms with Crippen LogP contribution in [0, 0.1) is 0 Å². The van der Waals surface area contributed by atoms with Crippen LogP contribution in [0.3, 0.4) is 0 Å². The molecule has 0 saturated carbocycles. The molecule has 31 heavy (non-hydrogen) atoms. The first-order chi connectivity index (χ1) is 15.0. The summed E-state index contributed by atoms with van der Waals surface area (Å²) >= 11 is 1.33. The Bertz CT molecular complexity index is 1200. The van der Waals surface area contributed by atoms with Crippen molar-refractivity contribution in [3.05, 3.63) is 77.3 Å². The molecule has 2 aromatic carbocycles. The average Bonchev–Trinajstić information content (AvgIpc) is 3.44. The van der Waals surface area contributed by atoms with E-state index in [2.05, 4.69) is 20.8 Å². The Morgan fingerprint density at radius 1 is 1.03 bits per heavy atom. The highest BCUT2D eigenvalue weighted by Gasteiger charge is 2.16. The molecule has 7 nitrogen and oxygen atoms in total. The summed E-state index contributed by atoms with van der Waals surface area (Å²) < 4.78 is 5.28. The van der Waals surface area contributed by atoms with Crippen LogP contribution in [0.15, 0.2) is 70.6 Å². The Balaban J connectivity index is 1.43. The Morgan fingerprint density at radius 3 is 2.48 bits per heavy atom. The summed E-state index contributed by atoms with van der Waals surface area (Å²) in [6.07, 6.45) is 0. The quantitative estimate of drug-likeness (QED) is 0.451. The molecule has 0 spiro atoms. The Kier molecular flexibility index (Phi) is 5.90. The fourth-order valence-corrected chi connectivity index (χ4v) is 3.79. The number of nitrogens with zero attached hydrogens (tertiary/aromatic N) is 2. The van der Waals surface area contributed by atoms with E-state index in [0.717, 1.165) is 22.4 Å². The van der Waals surface area contributed by atoms with Crippen LogP contribution in [-0.4, -0.2) is 22.0 Å². The molecule has 0 aliphatic heterocycles. The van der Waals surface area contributed by atoms with Gasteiger partial charge in [-0.05, 0) is 12.5 Å². The summed E-state index contributed by atoms with van der Waals surface area (Å²) in [6.45, 7) is 3.43. The van der Waals surface area contributed by atoms with Crippen LogP contribution in [0.4, 0.5) is 5.13 Å². The Labute approximate surface area is 183 Å². The van der Waals surface area contributed by atoms with Crippen molar-refractivity contribution in [3.8, 4) is 22.6 Å². The normalized spacial score (nSPS) is 11.7. The molecule has 0 radical (unpaired) electrons. The maximum Gasteiger partial charge on any atom is 0.279 e. The molecule has 1 unspecified atom stereocenters. The molecule has 2 N–H and O–H groups in total. The van der Waals surface area contributed by atoms with E-state index in [1.165, 1.54) is 18.3 Å². The first-order valence-corrected chi connectivity index (χ1v) is 10.5. The van der Waals surface area contributed by atoms with Gasteiger partial charge in [-0.15, -0.1) is 11.3 Å². The highest BCUT2D eigenvalue weighted by atomic mass is 32.1. The fraction of sp³-hybridized carbons (Fsp3) is 0.130. The number of nitrogens with one attached hydrogen (secondary N) is 2. The minimum absolute atomic E-state index is 0.0694. The summed E-state index contributed by atoms with van der Waals surface area (Å²) in [5.41, 5.74) is 3.71. The lowest BCUT2D eigenvalue weighted by molar-refractivity contribution is -0.119. The second kappa shape index (κ2) is 8.93. The third kappa shape index (κ3) is 4.87. The van der Waals surface area contributed by atoms with E-state index in [-0.39, 0.29) is 23.6 Å². The van der Waals surface area contributed by atoms with Crippen molar-refractivity contribution in [1.29, 1.82) is 0 Å². The molecule has 0 saturated heterocycles. The molecule has 2 aromatic heterocycles. The van der Waals surface area contributed by atoms with Gasteiger partial charge in [-0.2, -0.15) is 0 Å². The lowest BCUT2D eigenvalue weighted by atomic mass is 10.1. The summed E-state index contributed by atoms with van der Waals surface area (Å²) in [6, 6.07) is 18.8. The second-order valence-electron chi connectivity index (χ2n) is 6.98. The van der Waals surface area contributed by atoms with Crippen LogP contribution >= 0.6 is 11.3 Å².